The minimum Gasteiger partial charge on any atom is -0.376 e. The molecule has 6 nitrogen and oxygen atoms in total. The Kier molecular flexibility index (Phi) is 5.05. The average molecular weight is 326 g/mol. The molecule has 1 aliphatic heterocycles. The van der Waals surface area contributed by atoms with E-state index < -0.39 is 0 Å². The zero-order valence-electron chi connectivity index (χ0n) is 14.0. The summed E-state index contributed by atoms with van der Waals surface area (Å²) < 4.78 is 5.60. The lowest BCUT2D eigenvalue weighted by molar-refractivity contribution is 0.101. The molecule has 1 unspecified atom stereocenters. The van der Waals surface area contributed by atoms with Crippen LogP contribution in [0.1, 0.15) is 35.8 Å². The van der Waals surface area contributed by atoms with Crippen molar-refractivity contribution in [2.24, 2.45) is 0 Å². The quantitative estimate of drug-likeness (QED) is 0.793. The highest BCUT2D eigenvalue weighted by atomic mass is 16.5. The Labute approximate surface area is 141 Å². The van der Waals surface area contributed by atoms with Gasteiger partial charge in [0.1, 0.15) is 5.82 Å². The van der Waals surface area contributed by atoms with Crippen molar-refractivity contribution in [3.63, 3.8) is 0 Å². The molecule has 0 radical (unpaired) electrons. The number of aryl methyl sites for hydroxylation is 1. The second-order valence-electron chi connectivity index (χ2n) is 6.00. The number of anilines is 3. The van der Waals surface area contributed by atoms with Gasteiger partial charge in [-0.25, -0.2) is 4.98 Å². The summed E-state index contributed by atoms with van der Waals surface area (Å²) in [6.07, 6.45) is 2.42. The van der Waals surface area contributed by atoms with Crippen molar-refractivity contribution < 1.29 is 9.53 Å². The highest BCUT2D eigenvalue weighted by molar-refractivity contribution is 5.95. The Morgan fingerprint density at radius 1 is 1.33 bits per heavy atom. The van der Waals surface area contributed by atoms with Crippen LogP contribution in [-0.2, 0) is 4.74 Å². The molecule has 2 heterocycles. The highest BCUT2D eigenvalue weighted by Crippen LogP contribution is 2.19. The molecule has 1 saturated heterocycles. The largest absolute Gasteiger partial charge is 0.376 e. The minimum atomic E-state index is 0.0384. The predicted octanol–water partition coefficient (Wildman–Crippen LogP) is 3.32. The number of carbonyl (C=O) groups is 1. The molecule has 0 saturated carbocycles. The van der Waals surface area contributed by atoms with Gasteiger partial charge in [0.2, 0.25) is 5.95 Å². The van der Waals surface area contributed by atoms with Crippen LogP contribution in [0.3, 0.4) is 0 Å². The van der Waals surface area contributed by atoms with Crippen molar-refractivity contribution in [3.8, 4) is 0 Å². The van der Waals surface area contributed by atoms with E-state index in [0.29, 0.717) is 23.9 Å². The van der Waals surface area contributed by atoms with Gasteiger partial charge in [0.05, 0.1) is 6.10 Å². The number of hydrogen-bond donors (Lipinski definition) is 2. The fourth-order valence-corrected chi connectivity index (χ4v) is 2.69. The van der Waals surface area contributed by atoms with E-state index >= 15 is 0 Å². The molecule has 24 heavy (non-hydrogen) atoms. The zero-order chi connectivity index (χ0) is 16.9. The topological polar surface area (TPSA) is 76.1 Å². The fraction of sp³-hybridized carbons (Fsp3) is 0.389. The van der Waals surface area contributed by atoms with Gasteiger partial charge in [-0.3, -0.25) is 4.79 Å². The predicted molar refractivity (Wildman–Crippen MR) is 94.0 cm³/mol. The monoisotopic (exact) mass is 326 g/mol. The van der Waals surface area contributed by atoms with Crippen LogP contribution in [0.25, 0.3) is 0 Å². The van der Waals surface area contributed by atoms with Gasteiger partial charge in [0.25, 0.3) is 0 Å². The molecule has 6 heteroatoms. The van der Waals surface area contributed by atoms with Gasteiger partial charge in [-0.15, -0.1) is 0 Å². The SMILES string of the molecule is CC(=O)c1cccc(Nc2cc(C)nc(NCC3CCCO3)n2)c1. The lowest BCUT2D eigenvalue weighted by Gasteiger charge is -2.13. The number of carbonyl (C=O) groups excluding carboxylic acids is 1. The van der Waals surface area contributed by atoms with Crippen LogP contribution in [-0.4, -0.2) is 35.0 Å². The van der Waals surface area contributed by atoms with Crippen molar-refractivity contribution in [3.05, 3.63) is 41.6 Å². The second kappa shape index (κ2) is 7.40. The third-order valence-corrected chi connectivity index (χ3v) is 3.91. The van der Waals surface area contributed by atoms with E-state index in [-0.39, 0.29) is 11.9 Å². The molecular formula is C18H22N4O2. The van der Waals surface area contributed by atoms with Gasteiger partial charge in [-0.1, -0.05) is 12.1 Å². The Morgan fingerprint density at radius 2 is 2.21 bits per heavy atom. The van der Waals surface area contributed by atoms with Crippen molar-refractivity contribution in [1.29, 1.82) is 0 Å². The number of aromatic nitrogens is 2. The number of nitrogens with zero attached hydrogens (tertiary/aromatic N) is 2. The van der Waals surface area contributed by atoms with Crippen LogP contribution >= 0.6 is 0 Å². The molecule has 1 atom stereocenters. The molecule has 2 N–H and O–H groups in total. The third-order valence-electron chi connectivity index (χ3n) is 3.91. The van der Waals surface area contributed by atoms with Gasteiger partial charge in [0, 0.05) is 36.2 Å². The Balaban J connectivity index is 1.71. The minimum absolute atomic E-state index is 0.0384. The van der Waals surface area contributed by atoms with Crippen molar-refractivity contribution >= 4 is 23.2 Å². The van der Waals surface area contributed by atoms with Crippen molar-refractivity contribution in [2.75, 3.05) is 23.8 Å². The maximum absolute atomic E-state index is 11.5. The molecule has 1 fully saturated rings. The lowest BCUT2D eigenvalue weighted by atomic mass is 10.1. The highest BCUT2D eigenvalue weighted by Gasteiger charge is 2.15. The normalized spacial score (nSPS) is 16.8. The number of rotatable bonds is 6. The molecule has 0 spiro atoms. The van der Waals surface area contributed by atoms with E-state index in [0.717, 1.165) is 30.8 Å². The molecule has 3 rings (SSSR count). The van der Waals surface area contributed by atoms with Gasteiger partial charge in [0.15, 0.2) is 5.78 Å². The van der Waals surface area contributed by atoms with Gasteiger partial charge in [-0.2, -0.15) is 4.98 Å². The molecule has 126 valence electrons. The Morgan fingerprint density at radius 3 is 2.96 bits per heavy atom. The van der Waals surface area contributed by atoms with E-state index in [2.05, 4.69) is 20.6 Å². The molecule has 1 aromatic carbocycles. The standard InChI is InChI=1S/C18H22N4O2/c1-12-9-17(21-15-6-3-5-14(10-15)13(2)23)22-18(20-12)19-11-16-7-4-8-24-16/h3,5-6,9-10,16H,4,7-8,11H2,1-2H3,(H2,19,20,21,22). The molecule has 1 aliphatic rings. The van der Waals surface area contributed by atoms with Crippen molar-refractivity contribution in [2.45, 2.75) is 32.8 Å². The van der Waals surface area contributed by atoms with Crippen molar-refractivity contribution in [1.82, 2.24) is 9.97 Å². The molecule has 0 aliphatic carbocycles. The van der Waals surface area contributed by atoms with Crippen LogP contribution in [0.2, 0.25) is 0 Å². The first kappa shape index (κ1) is 16.4. The number of ketones is 1. The van der Waals surface area contributed by atoms with Gasteiger partial charge in [-0.05, 0) is 38.8 Å². The molecular weight excluding hydrogens is 304 g/mol. The number of nitrogens with one attached hydrogen (secondary N) is 2. The summed E-state index contributed by atoms with van der Waals surface area (Å²) in [6.45, 7) is 5.03. The summed E-state index contributed by atoms with van der Waals surface area (Å²) in [6, 6.07) is 9.25. The van der Waals surface area contributed by atoms with Crippen LogP contribution in [0, 0.1) is 6.92 Å². The van der Waals surface area contributed by atoms with E-state index in [4.69, 9.17) is 4.74 Å². The number of hydrogen-bond acceptors (Lipinski definition) is 6. The van der Waals surface area contributed by atoms with E-state index in [9.17, 15) is 4.79 Å². The second-order valence-corrected chi connectivity index (χ2v) is 6.00. The Hall–Kier alpha value is -2.47. The summed E-state index contributed by atoms with van der Waals surface area (Å²) in [7, 11) is 0. The summed E-state index contributed by atoms with van der Waals surface area (Å²) in [5, 5.41) is 6.48. The van der Waals surface area contributed by atoms with Gasteiger partial charge < -0.3 is 15.4 Å². The van der Waals surface area contributed by atoms with Crippen LogP contribution < -0.4 is 10.6 Å². The summed E-state index contributed by atoms with van der Waals surface area (Å²) in [4.78, 5) is 20.4. The third kappa shape index (κ3) is 4.29. The summed E-state index contributed by atoms with van der Waals surface area (Å²) in [5.41, 5.74) is 2.36. The molecule has 2 aromatic rings. The Bertz CT molecular complexity index is 727. The van der Waals surface area contributed by atoms with E-state index in [1.807, 2.05) is 31.2 Å². The van der Waals surface area contributed by atoms with Gasteiger partial charge >= 0.3 is 0 Å². The molecule has 0 bridgehead atoms. The zero-order valence-corrected chi connectivity index (χ0v) is 14.0. The van der Waals surface area contributed by atoms with Crippen LogP contribution in [0.15, 0.2) is 30.3 Å². The average Bonchev–Trinajstić information content (AvgIpc) is 3.06. The molecule has 1 aromatic heterocycles. The lowest BCUT2D eigenvalue weighted by Crippen LogP contribution is -2.20. The smallest absolute Gasteiger partial charge is 0.224 e. The maximum atomic E-state index is 11.5. The number of ether oxygens (including phenoxy) is 1. The van der Waals surface area contributed by atoms with E-state index in [1.165, 1.54) is 0 Å². The molecule has 0 amide bonds. The van der Waals surface area contributed by atoms with Crippen LogP contribution in [0.4, 0.5) is 17.5 Å². The first-order valence-electron chi connectivity index (χ1n) is 8.19. The van der Waals surface area contributed by atoms with E-state index in [1.54, 1.807) is 13.0 Å². The fourth-order valence-electron chi connectivity index (χ4n) is 2.69. The number of benzene rings is 1. The van der Waals surface area contributed by atoms with Crippen LogP contribution in [0.5, 0.6) is 0 Å². The summed E-state index contributed by atoms with van der Waals surface area (Å²) in [5.74, 6) is 1.31. The summed E-state index contributed by atoms with van der Waals surface area (Å²) >= 11 is 0. The number of Topliss-reactive ketones (excluding diaryl/α,β-unsaturated/α-hetero) is 1. The maximum Gasteiger partial charge on any atom is 0.224 e. The first-order chi connectivity index (χ1) is 11.6. The first-order valence-corrected chi connectivity index (χ1v) is 8.19.